The van der Waals surface area contributed by atoms with Crippen molar-refractivity contribution in [3.63, 3.8) is 0 Å². The van der Waals surface area contributed by atoms with Crippen LogP contribution in [0.1, 0.15) is 18.3 Å². The van der Waals surface area contributed by atoms with Crippen molar-refractivity contribution < 1.29 is 10.1 Å². The minimum atomic E-state index is -0.516. The quantitative estimate of drug-likeness (QED) is 0.284. The van der Waals surface area contributed by atoms with E-state index < -0.39 is 4.92 Å². The molecule has 1 heterocycles. The molecule has 0 aliphatic carbocycles. The number of nitro groups is 1. The highest BCUT2D eigenvalue weighted by Crippen LogP contribution is 2.36. The maximum absolute atomic E-state index is 11.2. The highest BCUT2D eigenvalue weighted by molar-refractivity contribution is 8.01. The lowest BCUT2D eigenvalue weighted by Gasteiger charge is -2.03. The summed E-state index contributed by atoms with van der Waals surface area (Å²) in [5.41, 5.74) is 5.59. The first-order chi connectivity index (χ1) is 10.0. The minimum Gasteiger partial charge on any atom is -0.409 e. The largest absolute Gasteiger partial charge is 0.409 e. The Kier molecular flexibility index (Phi) is 4.70. The Bertz CT molecular complexity index is 701. The van der Waals surface area contributed by atoms with Gasteiger partial charge in [0.05, 0.1) is 9.82 Å². The van der Waals surface area contributed by atoms with Crippen LogP contribution < -0.4 is 5.73 Å². The third kappa shape index (κ3) is 3.47. The Morgan fingerprint density at radius 2 is 2.38 bits per heavy atom. The van der Waals surface area contributed by atoms with Crippen molar-refractivity contribution >= 4 is 34.8 Å². The van der Waals surface area contributed by atoms with Crippen molar-refractivity contribution in [3.8, 4) is 0 Å². The third-order valence-corrected chi connectivity index (χ3v) is 4.38. The summed E-state index contributed by atoms with van der Waals surface area (Å²) in [7, 11) is 0. The molecule has 3 N–H and O–H groups in total. The highest BCUT2D eigenvalue weighted by atomic mass is 32.2. The normalized spacial score (nSPS) is 11.6. The Morgan fingerprint density at radius 1 is 1.62 bits per heavy atom. The predicted octanol–water partition coefficient (Wildman–Crippen LogP) is 2.25. The molecule has 10 heteroatoms. The summed E-state index contributed by atoms with van der Waals surface area (Å²) < 4.78 is 4.76. The standard InChI is InChI=1S/C11H11N5O3S2/c1-2-9-13-11(21-15-9)20-8-4-3-6(10(12)14-17)5-7(8)16(18)19/h3-5,17H,2H2,1H3,(H2,12,14). The topological polar surface area (TPSA) is 128 Å². The summed E-state index contributed by atoms with van der Waals surface area (Å²) in [5, 5.41) is 22.6. The second-order valence-electron chi connectivity index (χ2n) is 3.86. The van der Waals surface area contributed by atoms with Crippen LogP contribution >= 0.6 is 23.3 Å². The first kappa shape index (κ1) is 15.2. The molecule has 8 nitrogen and oxygen atoms in total. The fourth-order valence-corrected chi connectivity index (χ4v) is 3.22. The molecule has 21 heavy (non-hydrogen) atoms. The van der Waals surface area contributed by atoms with Crippen molar-refractivity contribution in [1.82, 2.24) is 9.36 Å². The van der Waals surface area contributed by atoms with Crippen molar-refractivity contribution in [1.29, 1.82) is 0 Å². The van der Waals surface area contributed by atoms with Crippen molar-refractivity contribution in [3.05, 3.63) is 39.7 Å². The summed E-state index contributed by atoms with van der Waals surface area (Å²) in [5.74, 6) is 0.525. The molecule has 0 aliphatic heterocycles. The number of nitrogens with zero attached hydrogens (tertiary/aromatic N) is 4. The van der Waals surface area contributed by atoms with Gasteiger partial charge in [0.25, 0.3) is 5.69 Å². The second-order valence-corrected chi connectivity index (χ2v) is 5.90. The van der Waals surface area contributed by atoms with Gasteiger partial charge in [-0.1, -0.05) is 23.8 Å². The van der Waals surface area contributed by atoms with Gasteiger partial charge in [0.2, 0.25) is 0 Å². The maximum atomic E-state index is 11.2. The van der Waals surface area contributed by atoms with E-state index in [2.05, 4.69) is 14.5 Å². The smallest absolute Gasteiger partial charge is 0.284 e. The van der Waals surface area contributed by atoms with E-state index >= 15 is 0 Å². The van der Waals surface area contributed by atoms with Crippen LogP contribution in [0.4, 0.5) is 5.69 Å². The van der Waals surface area contributed by atoms with Gasteiger partial charge < -0.3 is 10.9 Å². The fraction of sp³-hybridized carbons (Fsp3) is 0.182. The number of amidine groups is 1. The van der Waals surface area contributed by atoms with Crippen molar-refractivity contribution in [2.24, 2.45) is 10.9 Å². The van der Waals surface area contributed by atoms with Crippen LogP contribution in [0.25, 0.3) is 0 Å². The molecule has 1 aromatic heterocycles. The van der Waals surface area contributed by atoms with Crippen LogP contribution in [0.3, 0.4) is 0 Å². The van der Waals surface area contributed by atoms with Gasteiger partial charge in [0.1, 0.15) is 5.82 Å². The zero-order valence-electron chi connectivity index (χ0n) is 10.9. The van der Waals surface area contributed by atoms with Gasteiger partial charge in [0, 0.05) is 18.1 Å². The molecule has 2 aromatic rings. The van der Waals surface area contributed by atoms with E-state index in [9.17, 15) is 10.1 Å². The Labute approximate surface area is 128 Å². The summed E-state index contributed by atoms with van der Waals surface area (Å²) in [6.07, 6.45) is 0.710. The van der Waals surface area contributed by atoms with E-state index in [0.717, 1.165) is 0 Å². The molecule has 0 unspecified atom stereocenters. The van der Waals surface area contributed by atoms with Crippen LogP contribution in [0.2, 0.25) is 0 Å². The zero-order chi connectivity index (χ0) is 15.4. The number of hydrogen-bond acceptors (Lipinski definition) is 8. The van der Waals surface area contributed by atoms with E-state index in [1.54, 1.807) is 12.1 Å². The molecule has 0 saturated carbocycles. The van der Waals surface area contributed by atoms with E-state index in [-0.39, 0.29) is 17.1 Å². The first-order valence-electron chi connectivity index (χ1n) is 5.82. The molecule has 0 amide bonds. The van der Waals surface area contributed by atoms with Gasteiger partial charge in [-0.15, -0.1) is 0 Å². The summed E-state index contributed by atoms with van der Waals surface area (Å²) >= 11 is 2.36. The molecule has 0 aliphatic rings. The molecule has 0 spiro atoms. The average Bonchev–Trinajstić information content (AvgIpc) is 2.94. The lowest BCUT2D eigenvalue weighted by atomic mass is 10.2. The van der Waals surface area contributed by atoms with Gasteiger partial charge >= 0.3 is 0 Å². The number of hydrogen-bond donors (Lipinski definition) is 2. The first-order valence-corrected chi connectivity index (χ1v) is 7.41. The molecular formula is C11H11N5O3S2. The monoisotopic (exact) mass is 325 g/mol. The number of benzene rings is 1. The lowest BCUT2D eigenvalue weighted by molar-refractivity contribution is -0.387. The van der Waals surface area contributed by atoms with E-state index in [1.807, 2.05) is 6.92 Å². The minimum absolute atomic E-state index is 0.127. The molecule has 0 radical (unpaired) electrons. The average molecular weight is 325 g/mol. The van der Waals surface area contributed by atoms with Crippen LogP contribution in [0, 0.1) is 10.1 Å². The summed E-state index contributed by atoms with van der Waals surface area (Å²) in [6, 6.07) is 4.36. The number of nitro benzene ring substituents is 1. The van der Waals surface area contributed by atoms with Crippen LogP contribution in [0.15, 0.2) is 32.6 Å². The molecule has 0 bridgehead atoms. The molecular weight excluding hydrogens is 314 g/mol. The van der Waals surface area contributed by atoms with Gasteiger partial charge in [-0.05, 0) is 23.7 Å². The lowest BCUT2D eigenvalue weighted by Crippen LogP contribution is -2.13. The van der Waals surface area contributed by atoms with Gasteiger partial charge in [-0.25, -0.2) is 4.98 Å². The summed E-state index contributed by atoms with van der Waals surface area (Å²) in [4.78, 5) is 15.3. The highest BCUT2D eigenvalue weighted by Gasteiger charge is 2.18. The Hall–Kier alpha value is -2.20. The fourth-order valence-electron chi connectivity index (χ4n) is 1.48. The number of rotatable bonds is 5. The molecule has 0 atom stereocenters. The molecule has 2 rings (SSSR count). The van der Waals surface area contributed by atoms with Gasteiger partial charge in [-0.2, -0.15) is 4.37 Å². The number of oxime groups is 1. The van der Waals surface area contributed by atoms with Crippen LogP contribution in [-0.4, -0.2) is 25.3 Å². The molecule has 0 saturated heterocycles. The molecule has 110 valence electrons. The van der Waals surface area contributed by atoms with Gasteiger partial charge in [-0.3, -0.25) is 10.1 Å². The predicted molar refractivity (Wildman–Crippen MR) is 79.0 cm³/mol. The SMILES string of the molecule is CCc1nsc(Sc2ccc(/C(N)=N/O)cc2[N+](=O)[O-])n1. The third-order valence-electron chi connectivity index (χ3n) is 2.52. The summed E-state index contributed by atoms with van der Waals surface area (Å²) in [6.45, 7) is 1.94. The maximum Gasteiger partial charge on any atom is 0.284 e. The van der Waals surface area contributed by atoms with Crippen LogP contribution in [0.5, 0.6) is 0 Å². The number of aromatic nitrogens is 2. The van der Waals surface area contributed by atoms with Gasteiger partial charge in [0.15, 0.2) is 10.2 Å². The molecule has 0 fully saturated rings. The molecule has 1 aromatic carbocycles. The Balaban J connectivity index is 2.36. The van der Waals surface area contributed by atoms with Crippen molar-refractivity contribution in [2.75, 3.05) is 0 Å². The van der Waals surface area contributed by atoms with Crippen LogP contribution in [-0.2, 0) is 6.42 Å². The zero-order valence-corrected chi connectivity index (χ0v) is 12.5. The Morgan fingerprint density at radius 3 is 2.95 bits per heavy atom. The number of nitrogens with two attached hydrogens (primary N) is 1. The van der Waals surface area contributed by atoms with E-state index in [1.165, 1.54) is 29.4 Å². The second kappa shape index (κ2) is 6.50. The number of aryl methyl sites for hydroxylation is 1. The van der Waals surface area contributed by atoms with Crippen molar-refractivity contribution in [2.45, 2.75) is 22.6 Å². The van der Waals surface area contributed by atoms with E-state index in [0.29, 0.717) is 21.5 Å². The van der Waals surface area contributed by atoms with E-state index in [4.69, 9.17) is 10.9 Å².